The van der Waals surface area contributed by atoms with Crippen LogP contribution in [0.5, 0.6) is 0 Å². The number of benzene rings is 2. The van der Waals surface area contributed by atoms with Crippen molar-refractivity contribution in [3.05, 3.63) is 75.9 Å². The summed E-state index contributed by atoms with van der Waals surface area (Å²) in [7, 11) is 0. The quantitative estimate of drug-likeness (QED) is 0.561. The summed E-state index contributed by atoms with van der Waals surface area (Å²) in [6, 6.07) is 16.2. The smallest absolute Gasteiger partial charge is 0.254 e. The van der Waals surface area contributed by atoms with Crippen molar-refractivity contribution in [2.24, 2.45) is 0 Å². The lowest BCUT2D eigenvalue weighted by Gasteiger charge is -2.34. The zero-order chi connectivity index (χ0) is 22.7. The number of halogens is 2. The molecular weight excluding hydrogens is 449 g/mol. The van der Waals surface area contributed by atoms with Gasteiger partial charge in [-0.3, -0.25) is 14.5 Å². The van der Waals surface area contributed by atoms with Crippen molar-refractivity contribution in [1.29, 1.82) is 0 Å². The van der Waals surface area contributed by atoms with Gasteiger partial charge in [-0.05, 0) is 48.0 Å². The first kappa shape index (κ1) is 22.5. The number of amides is 2. The number of nitrogens with one attached hydrogen (secondary N) is 1. The number of nitrogens with zero attached hydrogens (tertiary/aromatic N) is 2. The van der Waals surface area contributed by atoms with Gasteiger partial charge in [0.05, 0.1) is 5.69 Å². The van der Waals surface area contributed by atoms with Gasteiger partial charge < -0.3 is 10.2 Å². The number of carbonyl (C=O) groups is 2. The van der Waals surface area contributed by atoms with Crippen LogP contribution in [0, 0.1) is 5.82 Å². The van der Waals surface area contributed by atoms with E-state index < -0.39 is 5.82 Å². The summed E-state index contributed by atoms with van der Waals surface area (Å²) in [6.45, 7) is 4.84. The monoisotopic (exact) mass is 471 g/mol. The van der Waals surface area contributed by atoms with Gasteiger partial charge in [-0.1, -0.05) is 23.7 Å². The Morgan fingerprint density at radius 2 is 1.84 bits per heavy atom. The molecule has 4 rings (SSSR count). The molecule has 0 bridgehead atoms. The topological polar surface area (TPSA) is 52.7 Å². The Bertz CT molecular complexity index is 1140. The average molecular weight is 472 g/mol. The van der Waals surface area contributed by atoms with Crippen molar-refractivity contribution >= 4 is 40.4 Å². The standard InChI is InChI=1S/C24H23ClFN3O2S/c1-16(30)27-22-14-18(5-7-21(22)26)24(31)29-11-9-28(10-12-29)15-20-6-8-23(32-20)17-3-2-4-19(25)13-17/h2-8,13-14H,9-12,15H2,1H3,(H,27,30). The van der Waals surface area contributed by atoms with Crippen LogP contribution in [0.1, 0.15) is 22.2 Å². The van der Waals surface area contributed by atoms with E-state index in [2.05, 4.69) is 28.4 Å². The number of carbonyl (C=O) groups excluding carboxylic acids is 2. The van der Waals surface area contributed by atoms with E-state index in [-0.39, 0.29) is 17.5 Å². The van der Waals surface area contributed by atoms with E-state index >= 15 is 0 Å². The number of hydrogen-bond acceptors (Lipinski definition) is 4. The minimum Gasteiger partial charge on any atom is -0.336 e. The second-order valence-electron chi connectivity index (χ2n) is 7.72. The highest BCUT2D eigenvalue weighted by molar-refractivity contribution is 7.15. The molecule has 0 atom stereocenters. The number of piperazine rings is 1. The lowest BCUT2D eigenvalue weighted by molar-refractivity contribution is -0.114. The second kappa shape index (κ2) is 9.81. The second-order valence-corrected chi connectivity index (χ2v) is 9.33. The number of hydrogen-bond donors (Lipinski definition) is 1. The van der Waals surface area contributed by atoms with Crippen LogP contribution in [0.4, 0.5) is 10.1 Å². The third-order valence-corrected chi connectivity index (χ3v) is 6.69. The van der Waals surface area contributed by atoms with Crippen molar-refractivity contribution in [3.8, 4) is 10.4 Å². The number of rotatable bonds is 5. The lowest BCUT2D eigenvalue weighted by atomic mass is 10.1. The summed E-state index contributed by atoms with van der Waals surface area (Å²) < 4.78 is 13.9. The van der Waals surface area contributed by atoms with Crippen LogP contribution in [0.25, 0.3) is 10.4 Å². The molecule has 1 aliphatic rings. The summed E-state index contributed by atoms with van der Waals surface area (Å²) in [5, 5.41) is 3.15. The molecular formula is C24H23ClFN3O2S. The molecule has 0 unspecified atom stereocenters. The van der Waals surface area contributed by atoms with Crippen molar-refractivity contribution in [1.82, 2.24) is 9.80 Å². The molecule has 0 saturated carbocycles. The zero-order valence-electron chi connectivity index (χ0n) is 17.6. The fraction of sp³-hybridized carbons (Fsp3) is 0.250. The van der Waals surface area contributed by atoms with Gasteiger partial charge in [0.1, 0.15) is 5.82 Å². The maximum absolute atomic E-state index is 13.9. The molecule has 2 aromatic carbocycles. The van der Waals surface area contributed by atoms with Gasteiger partial charge in [0.2, 0.25) is 5.91 Å². The molecule has 32 heavy (non-hydrogen) atoms. The summed E-state index contributed by atoms with van der Waals surface area (Å²) in [5.74, 6) is -1.10. The Kier molecular flexibility index (Phi) is 6.89. The maximum Gasteiger partial charge on any atom is 0.254 e. The van der Waals surface area contributed by atoms with Crippen molar-refractivity contribution in [2.45, 2.75) is 13.5 Å². The molecule has 1 N–H and O–H groups in total. The number of thiophene rings is 1. The van der Waals surface area contributed by atoms with Gasteiger partial charge in [-0.2, -0.15) is 0 Å². The van der Waals surface area contributed by atoms with E-state index in [9.17, 15) is 14.0 Å². The van der Waals surface area contributed by atoms with E-state index in [1.807, 2.05) is 18.2 Å². The van der Waals surface area contributed by atoms with Gasteiger partial charge in [-0.15, -0.1) is 11.3 Å². The molecule has 0 aliphatic carbocycles. The Labute approximate surface area is 195 Å². The summed E-state index contributed by atoms with van der Waals surface area (Å²) in [4.78, 5) is 30.7. The molecule has 0 radical (unpaired) electrons. The van der Waals surface area contributed by atoms with E-state index in [0.717, 1.165) is 30.2 Å². The lowest BCUT2D eigenvalue weighted by Crippen LogP contribution is -2.48. The third-order valence-electron chi connectivity index (χ3n) is 5.33. The van der Waals surface area contributed by atoms with Crippen LogP contribution in [0.2, 0.25) is 5.02 Å². The predicted octanol–water partition coefficient (Wildman–Crippen LogP) is 5.12. The van der Waals surface area contributed by atoms with Crippen LogP contribution in [0.3, 0.4) is 0 Å². The molecule has 0 spiro atoms. The molecule has 1 fully saturated rings. The van der Waals surface area contributed by atoms with Crippen LogP contribution in [0.15, 0.2) is 54.6 Å². The Hall–Kier alpha value is -2.74. The van der Waals surface area contributed by atoms with E-state index in [4.69, 9.17) is 11.6 Å². The fourth-order valence-corrected chi connectivity index (χ4v) is 4.95. The maximum atomic E-state index is 13.9. The average Bonchev–Trinajstić information content (AvgIpc) is 3.23. The highest BCUT2D eigenvalue weighted by atomic mass is 35.5. The zero-order valence-corrected chi connectivity index (χ0v) is 19.2. The predicted molar refractivity (Wildman–Crippen MR) is 127 cm³/mol. The van der Waals surface area contributed by atoms with Crippen LogP contribution >= 0.6 is 22.9 Å². The molecule has 3 aromatic rings. The largest absolute Gasteiger partial charge is 0.336 e. The summed E-state index contributed by atoms with van der Waals surface area (Å²) in [6.07, 6.45) is 0. The normalized spacial score (nSPS) is 14.4. The first-order chi connectivity index (χ1) is 15.4. The fourth-order valence-electron chi connectivity index (χ4n) is 3.72. The molecule has 8 heteroatoms. The van der Waals surface area contributed by atoms with E-state index in [0.29, 0.717) is 18.7 Å². The highest BCUT2D eigenvalue weighted by Gasteiger charge is 2.23. The molecule has 5 nitrogen and oxygen atoms in total. The SMILES string of the molecule is CC(=O)Nc1cc(C(=O)N2CCN(Cc3ccc(-c4cccc(Cl)c4)s3)CC2)ccc1F. The van der Waals surface area contributed by atoms with Crippen molar-refractivity contribution in [3.63, 3.8) is 0 Å². The van der Waals surface area contributed by atoms with Crippen LogP contribution in [-0.4, -0.2) is 47.8 Å². The summed E-state index contributed by atoms with van der Waals surface area (Å²) >= 11 is 7.86. The van der Waals surface area contributed by atoms with Crippen molar-refractivity contribution < 1.29 is 14.0 Å². The van der Waals surface area contributed by atoms with Gasteiger partial charge in [0, 0.05) is 60.0 Å². The van der Waals surface area contributed by atoms with Gasteiger partial charge in [-0.25, -0.2) is 4.39 Å². The van der Waals surface area contributed by atoms with Gasteiger partial charge in [0.15, 0.2) is 0 Å². The Balaban J connectivity index is 1.34. The minimum absolute atomic E-state index is 0.0233. The highest BCUT2D eigenvalue weighted by Crippen LogP contribution is 2.30. The minimum atomic E-state index is -0.560. The Morgan fingerprint density at radius 3 is 2.56 bits per heavy atom. The van der Waals surface area contributed by atoms with E-state index in [1.165, 1.54) is 34.9 Å². The van der Waals surface area contributed by atoms with Crippen molar-refractivity contribution in [2.75, 3.05) is 31.5 Å². The third kappa shape index (κ3) is 5.35. The number of anilines is 1. The molecule has 1 aliphatic heterocycles. The molecule has 1 saturated heterocycles. The summed E-state index contributed by atoms with van der Waals surface area (Å²) in [5.41, 5.74) is 1.50. The first-order valence-electron chi connectivity index (χ1n) is 10.3. The molecule has 2 heterocycles. The van der Waals surface area contributed by atoms with Crippen LogP contribution < -0.4 is 5.32 Å². The van der Waals surface area contributed by atoms with Gasteiger partial charge >= 0.3 is 0 Å². The first-order valence-corrected chi connectivity index (χ1v) is 11.5. The van der Waals surface area contributed by atoms with E-state index in [1.54, 1.807) is 16.2 Å². The molecule has 2 amide bonds. The van der Waals surface area contributed by atoms with Crippen LogP contribution in [-0.2, 0) is 11.3 Å². The van der Waals surface area contributed by atoms with Gasteiger partial charge in [0.25, 0.3) is 5.91 Å². The molecule has 1 aromatic heterocycles. The Morgan fingerprint density at radius 1 is 1.06 bits per heavy atom. The molecule has 166 valence electrons.